The molecular weight excluding hydrogens is 929 g/mol. The van der Waals surface area contributed by atoms with Crippen molar-refractivity contribution in [2.75, 3.05) is 0 Å². The predicted octanol–water partition coefficient (Wildman–Crippen LogP) is 19.0. The molecule has 0 fully saturated rings. The summed E-state index contributed by atoms with van der Waals surface area (Å²) in [7, 11) is 0. The van der Waals surface area contributed by atoms with Gasteiger partial charge in [-0.1, -0.05) is 255 Å². The highest BCUT2D eigenvalue weighted by molar-refractivity contribution is 6.01. The van der Waals surface area contributed by atoms with E-state index in [9.17, 15) is 5.11 Å². The van der Waals surface area contributed by atoms with Gasteiger partial charge in [-0.2, -0.15) is 0 Å². The minimum absolute atomic E-state index is 0.375. The Hall–Kier alpha value is -9.30. The van der Waals surface area contributed by atoms with E-state index in [2.05, 4.69) is 261 Å². The van der Waals surface area contributed by atoms with Gasteiger partial charge in [0.15, 0.2) is 0 Å². The van der Waals surface area contributed by atoms with E-state index >= 15 is 0 Å². The molecule has 14 aromatic carbocycles. The van der Waals surface area contributed by atoms with Crippen LogP contribution in [0.15, 0.2) is 261 Å². The van der Waals surface area contributed by atoms with Crippen LogP contribution in [0.1, 0.15) is 66.8 Å². The lowest BCUT2D eigenvalue weighted by molar-refractivity contribution is 0.475. The molecule has 366 valence electrons. The highest BCUT2D eigenvalue weighted by Gasteiger charge is 2.28. The van der Waals surface area contributed by atoms with Crippen molar-refractivity contribution in [3.8, 4) is 5.75 Å². The van der Waals surface area contributed by atoms with Gasteiger partial charge in [-0.25, -0.2) is 0 Å². The minimum atomic E-state index is 0.375. The van der Waals surface area contributed by atoms with Crippen LogP contribution in [-0.2, 0) is 38.5 Å². The fourth-order valence-corrected chi connectivity index (χ4v) is 13.0. The molecule has 1 heteroatoms. The van der Waals surface area contributed by atoms with Crippen LogP contribution in [-0.4, -0.2) is 5.11 Å². The van der Waals surface area contributed by atoms with Crippen molar-refractivity contribution < 1.29 is 5.11 Å². The second kappa shape index (κ2) is 19.8. The Morgan fingerprint density at radius 1 is 0.195 bits per heavy atom. The molecule has 0 amide bonds. The zero-order valence-corrected chi connectivity index (χ0v) is 43.0. The van der Waals surface area contributed by atoms with Crippen LogP contribution in [0, 0.1) is 0 Å². The van der Waals surface area contributed by atoms with Crippen LogP contribution in [0.2, 0.25) is 0 Å². The fourth-order valence-electron chi connectivity index (χ4n) is 13.0. The van der Waals surface area contributed by atoms with Crippen molar-refractivity contribution in [1.29, 1.82) is 0 Å². The lowest BCUT2D eigenvalue weighted by Gasteiger charge is -2.27. The highest BCUT2D eigenvalue weighted by Crippen LogP contribution is 2.46. The minimum Gasteiger partial charge on any atom is -0.507 e. The fraction of sp³-hybridized carbons (Fsp3) is 0.0789. The maximum absolute atomic E-state index is 14.0. The Bertz CT molecular complexity index is 4480. The summed E-state index contributed by atoms with van der Waals surface area (Å²) in [6, 6.07) is 95.9. The van der Waals surface area contributed by atoms with E-state index in [1.54, 1.807) is 0 Å². The Morgan fingerprint density at radius 3 is 0.779 bits per heavy atom. The molecule has 0 heterocycles. The van der Waals surface area contributed by atoms with Crippen LogP contribution < -0.4 is 0 Å². The molecule has 0 aliphatic heterocycles. The Morgan fingerprint density at radius 2 is 0.442 bits per heavy atom. The third-order valence-corrected chi connectivity index (χ3v) is 16.7. The van der Waals surface area contributed by atoms with E-state index in [4.69, 9.17) is 0 Å². The van der Waals surface area contributed by atoms with Gasteiger partial charge in [-0.05, 0) is 169 Å². The number of benzene rings is 14. The third-order valence-electron chi connectivity index (χ3n) is 16.7. The summed E-state index contributed by atoms with van der Waals surface area (Å²) in [4.78, 5) is 0. The Labute approximate surface area is 450 Å². The number of phenols is 1. The van der Waals surface area contributed by atoms with Crippen LogP contribution >= 0.6 is 0 Å². The van der Waals surface area contributed by atoms with E-state index < -0.39 is 0 Å². The van der Waals surface area contributed by atoms with E-state index in [0.717, 1.165) is 22.8 Å². The molecule has 0 saturated carbocycles. The summed E-state index contributed by atoms with van der Waals surface area (Å²) in [6.45, 7) is 0. The van der Waals surface area contributed by atoms with Crippen molar-refractivity contribution in [2.45, 2.75) is 38.5 Å². The maximum Gasteiger partial charge on any atom is 0.127 e. The summed E-state index contributed by atoms with van der Waals surface area (Å²) >= 11 is 0. The topological polar surface area (TPSA) is 20.2 Å². The molecule has 1 N–H and O–H groups in total. The number of phenolic OH excluding ortho intramolecular Hbond substituents is 1. The molecule has 0 spiro atoms. The van der Waals surface area contributed by atoms with Crippen LogP contribution in [0.4, 0.5) is 0 Å². The van der Waals surface area contributed by atoms with E-state index in [-0.39, 0.29) is 0 Å². The van der Waals surface area contributed by atoms with E-state index in [1.807, 2.05) is 0 Å². The van der Waals surface area contributed by atoms with Gasteiger partial charge in [0, 0.05) is 17.4 Å². The standard InChI is InChI=1S/C76H56O/c77-76-73(48-61-36-18-30-55-24-6-12-42-68(55)61)70(45-58-33-15-27-52-21-3-9-39-65(52)58)72(47-60-35-17-29-54-23-5-11-41-67(54)60)75-71(46-59-34-16-28-53-22-4-10-40-66(53)59)69(44-57-32-14-26-51-20-2-8-38-64(51)57)62(49-74(75)76)43-56-31-13-25-50-19-1-7-37-63(50)56/h1-42,49,77H,43-48H2. The predicted molar refractivity (Wildman–Crippen MR) is 326 cm³/mol. The molecular formula is C76H56O. The number of fused-ring (bicyclic) bond motifs is 7. The van der Waals surface area contributed by atoms with Crippen molar-refractivity contribution in [2.24, 2.45) is 0 Å². The average Bonchev–Trinajstić information content (AvgIpc) is 3.49. The molecule has 0 aromatic heterocycles. The quantitative estimate of drug-likeness (QED) is 0.129. The first-order valence-corrected chi connectivity index (χ1v) is 27.2. The maximum atomic E-state index is 14.0. The molecule has 0 aliphatic carbocycles. The van der Waals surface area contributed by atoms with Crippen LogP contribution in [0.5, 0.6) is 5.75 Å². The smallest absolute Gasteiger partial charge is 0.127 e. The Kier molecular flexibility index (Phi) is 11.9. The molecule has 0 bridgehead atoms. The molecule has 0 atom stereocenters. The first-order chi connectivity index (χ1) is 38.1. The zero-order chi connectivity index (χ0) is 51.2. The van der Waals surface area contributed by atoms with Gasteiger partial charge >= 0.3 is 0 Å². The molecule has 0 radical (unpaired) electrons. The molecule has 77 heavy (non-hydrogen) atoms. The lowest BCUT2D eigenvalue weighted by atomic mass is 9.77. The summed E-state index contributed by atoms with van der Waals surface area (Å²) < 4.78 is 0. The van der Waals surface area contributed by atoms with Crippen LogP contribution in [0.25, 0.3) is 75.4 Å². The highest BCUT2D eigenvalue weighted by atomic mass is 16.3. The summed E-state index contributed by atoms with van der Waals surface area (Å²) in [6.07, 6.45) is 4.01. The monoisotopic (exact) mass is 984 g/mol. The van der Waals surface area contributed by atoms with Gasteiger partial charge in [0.25, 0.3) is 0 Å². The number of hydrogen-bond acceptors (Lipinski definition) is 1. The SMILES string of the molecule is Oc1c(Cc2cccc3ccccc23)c(Cc2cccc3ccccc23)c(Cc2cccc3ccccc23)c2c(Cc3cccc4ccccc34)c(Cc3cccc4ccccc34)c(Cc3cccc4ccccc34)cc12. The van der Waals surface area contributed by atoms with Gasteiger partial charge < -0.3 is 5.11 Å². The second-order valence-corrected chi connectivity index (χ2v) is 21.1. The van der Waals surface area contributed by atoms with Gasteiger partial charge in [-0.3, -0.25) is 0 Å². The van der Waals surface area contributed by atoms with E-state index in [0.29, 0.717) is 37.9 Å². The van der Waals surface area contributed by atoms with Crippen molar-refractivity contribution >= 4 is 75.4 Å². The molecule has 14 aromatic rings. The Balaban J connectivity index is 1.15. The van der Waals surface area contributed by atoms with Gasteiger partial charge in [0.1, 0.15) is 5.75 Å². The van der Waals surface area contributed by atoms with E-state index in [1.165, 1.54) is 126 Å². The first-order valence-electron chi connectivity index (χ1n) is 27.2. The van der Waals surface area contributed by atoms with Crippen molar-refractivity contribution in [3.05, 3.63) is 328 Å². The largest absolute Gasteiger partial charge is 0.507 e. The lowest BCUT2D eigenvalue weighted by Crippen LogP contribution is -2.11. The average molecular weight is 985 g/mol. The summed E-state index contributed by atoms with van der Waals surface area (Å²) in [5, 5.41) is 30.9. The number of aromatic hydroxyl groups is 1. The number of rotatable bonds is 12. The third kappa shape index (κ3) is 8.55. The summed E-state index contributed by atoms with van der Waals surface area (Å²) in [5.41, 5.74) is 14.9. The molecule has 0 unspecified atom stereocenters. The number of hydrogen-bond donors (Lipinski definition) is 1. The molecule has 14 rings (SSSR count). The van der Waals surface area contributed by atoms with Gasteiger partial charge in [0.05, 0.1) is 0 Å². The van der Waals surface area contributed by atoms with Gasteiger partial charge in [-0.15, -0.1) is 0 Å². The van der Waals surface area contributed by atoms with Gasteiger partial charge in [0.2, 0.25) is 0 Å². The zero-order valence-electron chi connectivity index (χ0n) is 43.0. The summed E-state index contributed by atoms with van der Waals surface area (Å²) in [5.74, 6) is 0.375. The first kappa shape index (κ1) is 46.2. The second-order valence-electron chi connectivity index (χ2n) is 21.1. The normalized spacial score (nSPS) is 11.7. The van der Waals surface area contributed by atoms with Crippen molar-refractivity contribution in [3.63, 3.8) is 0 Å². The van der Waals surface area contributed by atoms with Crippen LogP contribution in [0.3, 0.4) is 0 Å². The molecule has 1 nitrogen and oxygen atoms in total. The molecule has 0 saturated heterocycles. The molecule has 0 aliphatic rings. The van der Waals surface area contributed by atoms with Crippen molar-refractivity contribution in [1.82, 2.24) is 0 Å².